The van der Waals surface area contributed by atoms with Crippen LogP contribution in [0.3, 0.4) is 0 Å². The minimum Gasteiger partial charge on any atom is -0.493 e. The Bertz CT molecular complexity index is 445. The maximum atomic E-state index is 11.2. The average molecular weight is 265 g/mol. The molecule has 1 aromatic rings. The van der Waals surface area contributed by atoms with E-state index in [1.54, 1.807) is 25.1 Å². The van der Waals surface area contributed by atoms with Gasteiger partial charge in [0, 0.05) is 6.07 Å². The Morgan fingerprint density at radius 3 is 2.68 bits per heavy atom. The van der Waals surface area contributed by atoms with Crippen LogP contribution in [0.4, 0.5) is 0 Å². The van der Waals surface area contributed by atoms with E-state index in [0.717, 1.165) is 6.42 Å². The molecule has 1 atom stereocenters. The molecule has 0 radical (unpaired) electrons. The summed E-state index contributed by atoms with van der Waals surface area (Å²) < 4.78 is 10.9. The van der Waals surface area contributed by atoms with E-state index < -0.39 is 12.0 Å². The lowest BCUT2D eigenvalue weighted by atomic mass is 10.2. The van der Waals surface area contributed by atoms with E-state index in [9.17, 15) is 9.59 Å². The fourth-order valence-electron chi connectivity index (χ4n) is 1.52. The highest BCUT2D eigenvalue weighted by molar-refractivity contribution is 5.82. The molecule has 0 saturated carbocycles. The van der Waals surface area contributed by atoms with Gasteiger partial charge in [-0.05, 0) is 25.0 Å². The monoisotopic (exact) mass is 265 g/mol. The lowest BCUT2D eigenvalue weighted by Crippen LogP contribution is -2.33. The molecule has 5 heteroatoms. The van der Waals surface area contributed by atoms with Gasteiger partial charge in [0.25, 0.3) is 5.91 Å². The van der Waals surface area contributed by atoms with Crippen molar-refractivity contribution in [2.24, 2.45) is 5.73 Å². The summed E-state index contributed by atoms with van der Waals surface area (Å²) in [6.07, 6.45) is 1.24. The summed E-state index contributed by atoms with van der Waals surface area (Å²) in [6, 6.07) is 4.89. The van der Waals surface area contributed by atoms with Gasteiger partial charge in [0.2, 0.25) is 0 Å². The Labute approximate surface area is 112 Å². The van der Waals surface area contributed by atoms with Crippen molar-refractivity contribution in [3.63, 3.8) is 0 Å². The summed E-state index contributed by atoms with van der Waals surface area (Å²) in [6.45, 7) is 4.36. The maximum Gasteiger partial charge on any atom is 0.258 e. The number of carbonyl (C=O) groups excluding carboxylic acids is 2. The number of rotatable bonds is 8. The van der Waals surface area contributed by atoms with Crippen molar-refractivity contribution < 1.29 is 19.1 Å². The van der Waals surface area contributed by atoms with Crippen molar-refractivity contribution in [3.8, 4) is 11.5 Å². The Hall–Kier alpha value is -2.04. The predicted molar refractivity (Wildman–Crippen MR) is 71.5 cm³/mol. The molecule has 1 rings (SSSR count). The molecule has 0 bridgehead atoms. The van der Waals surface area contributed by atoms with E-state index >= 15 is 0 Å². The molecule has 1 aromatic carbocycles. The van der Waals surface area contributed by atoms with Crippen molar-refractivity contribution >= 4 is 12.2 Å². The molecular formula is C14H19NO4. The van der Waals surface area contributed by atoms with Crippen LogP contribution in [-0.4, -0.2) is 24.9 Å². The maximum absolute atomic E-state index is 11.2. The number of amides is 1. The van der Waals surface area contributed by atoms with Gasteiger partial charge in [0.15, 0.2) is 12.4 Å². The highest BCUT2D eigenvalue weighted by atomic mass is 16.5. The van der Waals surface area contributed by atoms with E-state index in [2.05, 4.69) is 0 Å². The van der Waals surface area contributed by atoms with Crippen LogP contribution >= 0.6 is 0 Å². The van der Waals surface area contributed by atoms with Crippen molar-refractivity contribution in [1.82, 2.24) is 0 Å². The first-order valence-electron chi connectivity index (χ1n) is 6.30. The zero-order valence-electron chi connectivity index (χ0n) is 11.2. The highest BCUT2D eigenvalue weighted by Gasteiger charge is 2.17. The lowest BCUT2D eigenvalue weighted by Gasteiger charge is -2.16. The Morgan fingerprint density at radius 1 is 1.42 bits per heavy atom. The molecule has 0 spiro atoms. The third-order valence-corrected chi connectivity index (χ3v) is 2.54. The molecule has 5 nitrogen and oxygen atoms in total. The van der Waals surface area contributed by atoms with Crippen LogP contribution in [-0.2, 0) is 4.79 Å². The smallest absolute Gasteiger partial charge is 0.258 e. The fraction of sp³-hybridized carbons (Fsp3) is 0.429. The van der Waals surface area contributed by atoms with E-state index in [-0.39, 0.29) is 0 Å². The van der Waals surface area contributed by atoms with E-state index in [1.807, 2.05) is 6.92 Å². The second-order valence-corrected chi connectivity index (χ2v) is 4.08. The number of carbonyl (C=O) groups is 2. The molecule has 19 heavy (non-hydrogen) atoms. The predicted octanol–water partition coefficient (Wildman–Crippen LogP) is 1.93. The molecule has 1 unspecified atom stereocenters. The quantitative estimate of drug-likeness (QED) is 0.728. The van der Waals surface area contributed by atoms with E-state index in [4.69, 9.17) is 15.2 Å². The summed E-state index contributed by atoms with van der Waals surface area (Å²) in [5.41, 5.74) is 5.59. The van der Waals surface area contributed by atoms with Crippen LogP contribution in [0.1, 0.15) is 37.0 Å². The first-order valence-corrected chi connectivity index (χ1v) is 6.30. The van der Waals surface area contributed by atoms with Gasteiger partial charge in [-0.15, -0.1) is 0 Å². The normalized spacial score (nSPS) is 11.7. The zero-order chi connectivity index (χ0) is 14.3. The van der Waals surface area contributed by atoms with Crippen molar-refractivity contribution in [2.75, 3.05) is 6.61 Å². The molecule has 0 saturated heterocycles. The minimum absolute atomic E-state index is 0.314. The molecule has 0 aliphatic heterocycles. The third-order valence-electron chi connectivity index (χ3n) is 2.54. The molecular weight excluding hydrogens is 246 g/mol. The molecule has 1 amide bonds. The lowest BCUT2D eigenvalue weighted by molar-refractivity contribution is -0.124. The van der Waals surface area contributed by atoms with Crippen molar-refractivity contribution in [2.45, 2.75) is 32.8 Å². The number of hydrogen-bond donors (Lipinski definition) is 1. The van der Waals surface area contributed by atoms with Gasteiger partial charge in [-0.25, -0.2) is 0 Å². The molecule has 0 heterocycles. The highest BCUT2D eigenvalue weighted by Crippen LogP contribution is 2.25. The number of hydrogen-bond acceptors (Lipinski definition) is 4. The van der Waals surface area contributed by atoms with Crippen molar-refractivity contribution in [1.29, 1.82) is 0 Å². The van der Waals surface area contributed by atoms with Crippen molar-refractivity contribution in [3.05, 3.63) is 23.8 Å². The molecule has 0 fully saturated rings. The summed E-state index contributed by atoms with van der Waals surface area (Å²) in [7, 11) is 0. The number of benzene rings is 1. The summed E-state index contributed by atoms with van der Waals surface area (Å²) in [5, 5.41) is 0. The Kier molecular flexibility index (Phi) is 5.85. The largest absolute Gasteiger partial charge is 0.493 e. The van der Waals surface area contributed by atoms with Crippen LogP contribution in [0.15, 0.2) is 18.2 Å². The van der Waals surface area contributed by atoms with Gasteiger partial charge in [-0.2, -0.15) is 0 Å². The topological polar surface area (TPSA) is 78.6 Å². The van der Waals surface area contributed by atoms with Gasteiger partial charge in [0.05, 0.1) is 12.2 Å². The van der Waals surface area contributed by atoms with Gasteiger partial charge < -0.3 is 15.2 Å². The summed E-state index contributed by atoms with van der Waals surface area (Å²) >= 11 is 0. The van der Waals surface area contributed by atoms with Gasteiger partial charge in [0.1, 0.15) is 11.5 Å². The van der Waals surface area contributed by atoms with E-state index in [1.165, 1.54) is 0 Å². The minimum atomic E-state index is -0.750. The number of primary amides is 1. The Balaban J connectivity index is 2.94. The first-order chi connectivity index (χ1) is 9.12. The molecule has 104 valence electrons. The molecule has 0 aromatic heterocycles. The second kappa shape index (κ2) is 7.41. The number of nitrogens with two attached hydrogens (primary N) is 1. The number of aldehydes is 1. The Morgan fingerprint density at radius 2 is 2.16 bits per heavy atom. The van der Waals surface area contributed by atoms with Crippen LogP contribution < -0.4 is 15.2 Å². The standard InChI is InChI=1S/C14H19NO4/c1-3-7-18-11-6-5-10(9-16)13(8-11)19-12(4-2)14(15)17/h5-6,8-9,12H,3-4,7H2,1-2H3,(H2,15,17). The molecule has 0 aliphatic rings. The van der Waals surface area contributed by atoms with Gasteiger partial charge in [-0.3, -0.25) is 9.59 Å². The molecule has 2 N–H and O–H groups in total. The summed E-state index contributed by atoms with van der Waals surface area (Å²) in [4.78, 5) is 22.1. The second-order valence-electron chi connectivity index (χ2n) is 4.08. The van der Waals surface area contributed by atoms with Gasteiger partial charge in [-0.1, -0.05) is 13.8 Å². The van der Waals surface area contributed by atoms with Gasteiger partial charge >= 0.3 is 0 Å². The zero-order valence-corrected chi connectivity index (χ0v) is 11.2. The van der Waals surface area contributed by atoms with Crippen LogP contribution in [0.2, 0.25) is 0 Å². The third kappa shape index (κ3) is 4.28. The average Bonchev–Trinajstić information content (AvgIpc) is 2.42. The fourth-order valence-corrected chi connectivity index (χ4v) is 1.52. The molecule has 0 aliphatic carbocycles. The van der Waals surface area contributed by atoms with E-state index in [0.29, 0.717) is 36.4 Å². The summed E-state index contributed by atoms with van der Waals surface area (Å²) in [5.74, 6) is 0.357. The number of ether oxygens (including phenoxy) is 2. The van der Waals surface area contributed by atoms with Crippen LogP contribution in [0.5, 0.6) is 11.5 Å². The SMILES string of the molecule is CCCOc1ccc(C=O)c(OC(CC)C(N)=O)c1. The van der Waals surface area contributed by atoms with Crippen LogP contribution in [0, 0.1) is 0 Å². The van der Waals surface area contributed by atoms with Crippen LogP contribution in [0.25, 0.3) is 0 Å². The first kappa shape index (κ1) is 15.0.